The molecule has 0 unspecified atom stereocenters. The third-order valence-corrected chi connectivity index (χ3v) is 5.07. The highest BCUT2D eigenvalue weighted by atomic mass is 32.1. The molecule has 6 heteroatoms. The second-order valence-electron chi connectivity index (χ2n) is 4.65. The molecule has 4 nitrogen and oxygen atoms in total. The maximum atomic E-state index is 12.5. The van der Waals surface area contributed by atoms with Gasteiger partial charge in [-0.25, -0.2) is 4.98 Å². The van der Waals surface area contributed by atoms with Crippen LogP contribution in [0.5, 0.6) is 0 Å². The van der Waals surface area contributed by atoms with Crippen LogP contribution in [0, 0.1) is 25.7 Å². The molecule has 2 N–H and O–H groups in total. The van der Waals surface area contributed by atoms with E-state index in [4.69, 9.17) is 5.73 Å². The molecule has 2 aromatic heterocycles. The number of aryl methyl sites for hydroxylation is 2. The number of carbonyl (C=O) groups is 1. The number of rotatable bonds is 3. The van der Waals surface area contributed by atoms with Gasteiger partial charge in [0.1, 0.15) is 0 Å². The number of thiazole rings is 1. The van der Waals surface area contributed by atoms with Crippen LogP contribution in [0.25, 0.3) is 0 Å². The van der Waals surface area contributed by atoms with Crippen molar-refractivity contribution < 1.29 is 4.79 Å². The van der Waals surface area contributed by atoms with Gasteiger partial charge in [0.2, 0.25) is 0 Å². The van der Waals surface area contributed by atoms with Crippen LogP contribution in [-0.4, -0.2) is 29.4 Å². The van der Waals surface area contributed by atoms with Crippen molar-refractivity contribution in [2.75, 3.05) is 13.6 Å². The van der Waals surface area contributed by atoms with Crippen molar-refractivity contribution in [3.05, 3.63) is 37.5 Å². The van der Waals surface area contributed by atoms with Crippen LogP contribution in [0.4, 0.5) is 0 Å². The quantitative estimate of drug-likeness (QED) is 0.884. The summed E-state index contributed by atoms with van der Waals surface area (Å²) in [5.41, 5.74) is 9.19. The van der Waals surface area contributed by atoms with Gasteiger partial charge in [-0.15, -0.1) is 22.7 Å². The maximum Gasteiger partial charge on any atom is 0.264 e. The van der Waals surface area contributed by atoms with E-state index < -0.39 is 0 Å². The van der Waals surface area contributed by atoms with Crippen molar-refractivity contribution in [3.8, 4) is 11.8 Å². The molecule has 0 saturated carbocycles. The summed E-state index contributed by atoms with van der Waals surface area (Å²) in [4.78, 5) is 21.1. The summed E-state index contributed by atoms with van der Waals surface area (Å²) in [5.74, 6) is 5.84. The molecule has 2 heterocycles. The van der Waals surface area contributed by atoms with E-state index in [-0.39, 0.29) is 5.91 Å². The summed E-state index contributed by atoms with van der Waals surface area (Å²) in [6, 6.07) is 1.89. The predicted octanol–water partition coefficient (Wildman–Crippen LogP) is 2.40. The Bertz CT molecular complexity index is 706. The first kappa shape index (κ1) is 15.7. The second-order valence-corrected chi connectivity index (χ2v) is 6.64. The summed E-state index contributed by atoms with van der Waals surface area (Å²) in [5, 5.41) is 0. The first-order valence-corrected chi connectivity index (χ1v) is 8.16. The number of hydrogen-bond acceptors (Lipinski definition) is 5. The Hall–Kier alpha value is -1.68. The average molecular weight is 319 g/mol. The van der Waals surface area contributed by atoms with E-state index in [0.717, 1.165) is 21.0 Å². The third-order valence-electron chi connectivity index (χ3n) is 3.00. The lowest BCUT2D eigenvalue weighted by molar-refractivity contribution is 0.0791. The van der Waals surface area contributed by atoms with Crippen molar-refractivity contribution in [2.45, 2.75) is 20.4 Å². The summed E-state index contributed by atoms with van der Waals surface area (Å²) in [6.07, 6.45) is 0. The molecule has 21 heavy (non-hydrogen) atoms. The largest absolute Gasteiger partial charge is 0.336 e. The predicted molar refractivity (Wildman–Crippen MR) is 87.6 cm³/mol. The van der Waals surface area contributed by atoms with Gasteiger partial charge >= 0.3 is 0 Å². The number of nitrogens with zero attached hydrogens (tertiary/aromatic N) is 2. The van der Waals surface area contributed by atoms with Crippen molar-refractivity contribution in [1.82, 2.24) is 9.88 Å². The van der Waals surface area contributed by atoms with Gasteiger partial charge < -0.3 is 10.6 Å². The standard InChI is InChI=1S/C15H17N3OS2/c1-10-7-13(21-12(10)5-4-6-16)15(19)18(3)8-14-11(2)17-9-20-14/h7,9H,6,8,16H2,1-3H3. The fraction of sp³-hybridized carbons (Fsp3) is 0.333. The second kappa shape index (κ2) is 6.85. The molecule has 0 aliphatic heterocycles. The maximum absolute atomic E-state index is 12.5. The lowest BCUT2D eigenvalue weighted by Crippen LogP contribution is -2.25. The minimum atomic E-state index is 0.0108. The summed E-state index contributed by atoms with van der Waals surface area (Å²) < 4.78 is 0. The van der Waals surface area contributed by atoms with Gasteiger partial charge in [0.05, 0.1) is 34.0 Å². The molecule has 0 bridgehead atoms. The van der Waals surface area contributed by atoms with Gasteiger partial charge in [0.15, 0.2) is 0 Å². The van der Waals surface area contributed by atoms with Gasteiger partial charge in [-0.1, -0.05) is 11.8 Å². The molecule has 0 spiro atoms. The zero-order chi connectivity index (χ0) is 15.4. The number of carbonyl (C=O) groups excluding carboxylic acids is 1. The van der Waals surface area contributed by atoms with Gasteiger partial charge in [-0.3, -0.25) is 4.79 Å². The highest BCUT2D eigenvalue weighted by Crippen LogP contribution is 2.23. The Kier molecular flexibility index (Phi) is 5.12. The Balaban J connectivity index is 2.14. The molecule has 0 aliphatic rings. The van der Waals surface area contributed by atoms with Crippen LogP contribution >= 0.6 is 22.7 Å². The molecule has 0 aromatic carbocycles. The Morgan fingerprint density at radius 3 is 2.86 bits per heavy atom. The molecule has 2 rings (SSSR count). The SMILES string of the molecule is Cc1cc(C(=O)N(C)Cc2scnc2C)sc1C#CCN. The van der Waals surface area contributed by atoms with Crippen molar-refractivity contribution in [3.63, 3.8) is 0 Å². The average Bonchev–Trinajstić information content (AvgIpc) is 3.02. The van der Waals surface area contributed by atoms with Crippen molar-refractivity contribution in [2.24, 2.45) is 5.73 Å². The van der Waals surface area contributed by atoms with Crippen LogP contribution in [-0.2, 0) is 6.54 Å². The van der Waals surface area contributed by atoms with E-state index in [1.807, 2.05) is 27.0 Å². The van der Waals surface area contributed by atoms with E-state index >= 15 is 0 Å². The van der Waals surface area contributed by atoms with E-state index in [0.29, 0.717) is 18.0 Å². The highest BCUT2D eigenvalue weighted by molar-refractivity contribution is 7.14. The molecule has 0 fully saturated rings. The zero-order valence-electron chi connectivity index (χ0n) is 12.3. The minimum Gasteiger partial charge on any atom is -0.336 e. The number of amides is 1. The number of hydrogen-bond donors (Lipinski definition) is 1. The van der Waals surface area contributed by atoms with E-state index in [1.54, 1.807) is 21.7 Å². The summed E-state index contributed by atoms with van der Waals surface area (Å²) in [7, 11) is 1.81. The molecular formula is C15H17N3OS2. The zero-order valence-corrected chi connectivity index (χ0v) is 13.9. The molecule has 0 saturated heterocycles. The fourth-order valence-corrected chi connectivity index (χ4v) is 3.67. The normalized spacial score (nSPS) is 10.1. The molecule has 0 radical (unpaired) electrons. The van der Waals surface area contributed by atoms with Gasteiger partial charge in [0, 0.05) is 11.9 Å². The Morgan fingerprint density at radius 2 is 2.24 bits per heavy atom. The first-order chi connectivity index (χ1) is 10.0. The molecule has 2 aromatic rings. The Labute approximate surface area is 132 Å². The fourth-order valence-electron chi connectivity index (χ4n) is 1.80. The van der Waals surface area contributed by atoms with Crippen LogP contribution in [0.3, 0.4) is 0 Å². The van der Waals surface area contributed by atoms with Gasteiger partial charge in [-0.2, -0.15) is 0 Å². The van der Waals surface area contributed by atoms with Gasteiger partial charge in [-0.05, 0) is 25.5 Å². The number of aromatic nitrogens is 1. The molecule has 1 amide bonds. The number of thiophene rings is 1. The molecule has 110 valence electrons. The molecule has 0 atom stereocenters. The lowest BCUT2D eigenvalue weighted by atomic mass is 10.2. The van der Waals surface area contributed by atoms with Crippen LogP contribution in [0.15, 0.2) is 11.6 Å². The van der Waals surface area contributed by atoms with Crippen LogP contribution < -0.4 is 5.73 Å². The molecule has 0 aliphatic carbocycles. The lowest BCUT2D eigenvalue weighted by Gasteiger charge is -2.15. The highest BCUT2D eigenvalue weighted by Gasteiger charge is 2.17. The first-order valence-electron chi connectivity index (χ1n) is 6.46. The van der Waals surface area contributed by atoms with E-state index in [1.165, 1.54) is 11.3 Å². The minimum absolute atomic E-state index is 0.0108. The van der Waals surface area contributed by atoms with Crippen LogP contribution in [0.2, 0.25) is 0 Å². The van der Waals surface area contributed by atoms with Gasteiger partial charge in [0.25, 0.3) is 5.91 Å². The van der Waals surface area contributed by atoms with E-state index in [2.05, 4.69) is 16.8 Å². The topological polar surface area (TPSA) is 59.2 Å². The molecular weight excluding hydrogens is 302 g/mol. The van der Waals surface area contributed by atoms with E-state index in [9.17, 15) is 4.79 Å². The van der Waals surface area contributed by atoms with Crippen molar-refractivity contribution >= 4 is 28.6 Å². The monoisotopic (exact) mass is 319 g/mol. The summed E-state index contributed by atoms with van der Waals surface area (Å²) in [6.45, 7) is 4.82. The van der Waals surface area contributed by atoms with Crippen LogP contribution in [0.1, 0.15) is 30.7 Å². The third kappa shape index (κ3) is 3.70. The summed E-state index contributed by atoms with van der Waals surface area (Å²) >= 11 is 2.99. The number of nitrogens with two attached hydrogens (primary N) is 1. The smallest absolute Gasteiger partial charge is 0.264 e. The Morgan fingerprint density at radius 1 is 1.48 bits per heavy atom. The van der Waals surface area contributed by atoms with Crippen molar-refractivity contribution in [1.29, 1.82) is 0 Å².